The molecule has 8 nitrogen and oxygen atoms in total. The normalized spacial score (nSPS) is 16.1. The van der Waals surface area contributed by atoms with Crippen LogP contribution in [-0.4, -0.2) is 68.3 Å². The van der Waals surface area contributed by atoms with Crippen LogP contribution < -0.4 is 14.4 Å². The Hall–Kier alpha value is -2.82. The Morgan fingerprint density at radius 2 is 1.67 bits per heavy atom. The number of urea groups is 1. The van der Waals surface area contributed by atoms with Crippen LogP contribution in [-0.2, 0) is 16.1 Å². The van der Waals surface area contributed by atoms with Crippen LogP contribution in [0.5, 0.6) is 11.5 Å². The average molecular weight is 390 g/mol. The summed E-state index contributed by atoms with van der Waals surface area (Å²) in [5.74, 6) is -1.66. The second-order valence-electron chi connectivity index (χ2n) is 5.99. The van der Waals surface area contributed by atoms with Gasteiger partial charge in [0.1, 0.15) is 24.6 Å². The Morgan fingerprint density at radius 1 is 1.04 bits per heavy atom. The van der Waals surface area contributed by atoms with E-state index in [2.05, 4.69) is 0 Å². The fraction of sp³-hybridized carbons (Fsp3) is 0.438. The van der Waals surface area contributed by atoms with Gasteiger partial charge in [-0.15, -0.1) is 0 Å². The van der Waals surface area contributed by atoms with Gasteiger partial charge in [-0.2, -0.15) is 13.2 Å². The molecular formula is C16H19F3N3O5+. The summed E-state index contributed by atoms with van der Waals surface area (Å²) in [7, 11) is 4.59. The molecule has 1 N–H and O–H groups in total. The average Bonchev–Trinajstić information content (AvgIpc) is 2.79. The molecule has 1 atom stereocenters. The number of rotatable bonds is 7. The molecule has 1 saturated heterocycles. The summed E-state index contributed by atoms with van der Waals surface area (Å²) in [6.45, 7) is -1.77. The number of carbonyl (C=O) groups excluding carboxylic acids is 3. The molecule has 0 aromatic heterocycles. The SMILES string of the molecule is COc1ccc(C[NH+](C)CN2C(=O)C(=O)N(CC(F)(F)F)C2=O)c(OC)c1. The molecule has 0 spiro atoms. The lowest BCUT2D eigenvalue weighted by molar-refractivity contribution is -0.901. The quantitative estimate of drug-likeness (QED) is 0.525. The highest BCUT2D eigenvalue weighted by molar-refractivity contribution is 6.44. The Kier molecular flexibility index (Phi) is 5.94. The zero-order valence-electron chi connectivity index (χ0n) is 14.9. The molecule has 1 aromatic carbocycles. The van der Waals surface area contributed by atoms with Gasteiger partial charge in [-0.05, 0) is 12.1 Å². The van der Waals surface area contributed by atoms with Gasteiger partial charge >= 0.3 is 24.0 Å². The highest BCUT2D eigenvalue weighted by atomic mass is 19.4. The van der Waals surface area contributed by atoms with E-state index in [1.54, 1.807) is 25.2 Å². The van der Waals surface area contributed by atoms with Crippen molar-refractivity contribution in [3.63, 3.8) is 0 Å². The molecule has 1 aliphatic rings. The first-order valence-electron chi connectivity index (χ1n) is 7.83. The van der Waals surface area contributed by atoms with E-state index < -0.39 is 30.6 Å². The molecule has 148 valence electrons. The maximum absolute atomic E-state index is 12.5. The zero-order valence-corrected chi connectivity index (χ0v) is 14.9. The van der Waals surface area contributed by atoms with Crippen molar-refractivity contribution in [2.75, 3.05) is 34.5 Å². The number of imide groups is 2. The molecule has 0 aliphatic carbocycles. The van der Waals surface area contributed by atoms with E-state index >= 15 is 0 Å². The first-order valence-corrected chi connectivity index (χ1v) is 7.83. The minimum atomic E-state index is -4.78. The van der Waals surface area contributed by atoms with Crippen molar-refractivity contribution in [3.8, 4) is 11.5 Å². The maximum Gasteiger partial charge on any atom is 0.406 e. The number of ether oxygens (including phenoxy) is 2. The molecular weight excluding hydrogens is 371 g/mol. The molecule has 1 heterocycles. The minimum Gasteiger partial charge on any atom is -0.497 e. The molecule has 4 amide bonds. The molecule has 11 heteroatoms. The number of hydrogen-bond acceptors (Lipinski definition) is 5. The van der Waals surface area contributed by atoms with Crippen molar-refractivity contribution in [2.45, 2.75) is 12.7 Å². The third-order valence-electron chi connectivity index (χ3n) is 3.89. The molecule has 0 bridgehead atoms. The van der Waals surface area contributed by atoms with Crippen LogP contribution in [0.25, 0.3) is 0 Å². The fourth-order valence-corrected chi connectivity index (χ4v) is 2.66. The first kappa shape index (κ1) is 20.5. The Bertz CT molecular complexity index is 753. The predicted molar refractivity (Wildman–Crippen MR) is 85.0 cm³/mol. The summed E-state index contributed by atoms with van der Waals surface area (Å²) in [6, 6.07) is 3.81. The van der Waals surface area contributed by atoms with E-state index in [-0.39, 0.29) is 18.1 Å². The van der Waals surface area contributed by atoms with Crippen LogP contribution in [0.3, 0.4) is 0 Å². The Balaban J connectivity index is 2.09. The maximum atomic E-state index is 12.5. The van der Waals surface area contributed by atoms with Gasteiger partial charge in [-0.25, -0.2) is 14.6 Å². The van der Waals surface area contributed by atoms with Crippen LogP contribution in [0.2, 0.25) is 0 Å². The number of quaternary nitrogens is 1. The van der Waals surface area contributed by atoms with E-state index in [1.807, 2.05) is 0 Å². The van der Waals surface area contributed by atoms with E-state index in [9.17, 15) is 27.6 Å². The molecule has 2 rings (SSSR count). The van der Waals surface area contributed by atoms with E-state index in [4.69, 9.17) is 9.47 Å². The van der Waals surface area contributed by atoms with E-state index in [0.29, 0.717) is 21.3 Å². The summed E-state index contributed by atoms with van der Waals surface area (Å²) >= 11 is 0. The van der Waals surface area contributed by atoms with Gasteiger partial charge in [0.05, 0.1) is 21.3 Å². The lowest BCUT2D eigenvalue weighted by Gasteiger charge is -2.21. The van der Waals surface area contributed by atoms with Crippen LogP contribution in [0.4, 0.5) is 18.0 Å². The van der Waals surface area contributed by atoms with Gasteiger partial charge in [0.2, 0.25) is 0 Å². The number of methoxy groups -OCH3 is 2. The molecule has 27 heavy (non-hydrogen) atoms. The number of nitrogens with zero attached hydrogens (tertiary/aromatic N) is 2. The van der Waals surface area contributed by atoms with Gasteiger partial charge in [-0.1, -0.05) is 0 Å². The largest absolute Gasteiger partial charge is 0.497 e. The zero-order chi connectivity index (χ0) is 20.4. The predicted octanol–water partition coefficient (Wildman–Crippen LogP) is 0.0291. The number of alkyl halides is 3. The number of hydrogen-bond donors (Lipinski definition) is 1. The molecule has 0 radical (unpaired) electrons. The summed E-state index contributed by atoms with van der Waals surface area (Å²) < 4.78 is 47.9. The van der Waals surface area contributed by atoms with Crippen LogP contribution in [0.1, 0.15) is 5.56 Å². The van der Waals surface area contributed by atoms with Gasteiger partial charge in [0.15, 0.2) is 6.67 Å². The van der Waals surface area contributed by atoms with Crippen molar-refractivity contribution < 1.29 is 41.9 Å². The van der Waals surface area contributed by atoms with Gasteiger partial charge in [0, 0.05) is 11.6 Å². The monoisotopic (exact) mass is 390 g/mol. The number of benzene rings is 1. The van der Waals surface area contributed by atoms with Crippen molar-refractivity contribution in [2.24, 2.45) is 0 Å². The molecule has 1 aliphatic heterocycles. The van der Waals surface area contributed by atoms with Gasteiger partial charge in [0.25, 0.3) is 0 Å². The highest BCUT2D eigenvalue weighted by Crippen LogP contribution is 2.24. The van der Waals surface area contributed by atoms with Crippen molar-refractivity contribution in [1.82, 2.24) is 9.80 Å². The highest BCUT2D eigenvalue weighted by Gasteiger charge is 2.49. The lowest BCUT2D eigenvalue weighted by Crippen LogP contribution is -3.09. The van der Waals surface area contributed by atoms with Crippen molar-refractivity contribution >= 4 is 17.8 Å². The molecule has 0 saturated carbocycles. The topological polar surface area (TPSA) is 80.6 Å². The number of nitrogens with one attached hydrogen (secondary N) is 1. The van der Waals surface area contributed by atoms with Gasteiger partial charge in [-0.3, -0.25) is 9.59 Å². The van der Waals surface area contributed by atoms with Crippen LogP contribution >= 0.6 is 0 Å². The standard InChI is InChI=1S/C16H18F3N3O5/c1-20(7-10-4-5-11(26-2)6-12(10)27-3)9-22-14(24)13(23)21(15(22)25)8-16(17,18)19/h4-6H,7-9H2,1-3H3/p+1. The summed E-state index contributed by atoms with van der Waals surface area (Å²) in [5.41, 5.74) is 0.730. The lowest BCUT2D eigenvalue weighted by atomic mass is 10.2. The first-order chi connectivity index (χ1) is 12.6. The summed E-state index contributed by atoms with van der Waals surface area (Å²) in [5, 5.41) is 0. The number of carbonyl (C=O) groups is 3. The molecule has 1 aromatic rings. The van der Waals surface area contributed by atoms with Crippen molar-refractivity contribution in [3.05, 3.63) is 23.8 Å². The second kappa shape index (κ2) is 7.82. The summed E-state index contributed by atoms with van der Waals surface area (Å²) in [4.78, 5) is 36.6. The van der Waals surface area contributed by atoms with Crippen LogP contribution in [0, 0.1) is 0 Å². The third-order valence-corrected chi connectivity index (χ3v) is 3.89. The molecule has 1 fully saturated rings. The number of amides is 4. The minimum absolute atomic E-state index is 0.0937. The van der Waals surface area contributed by atoms with E-state index in [1.165, 1.54) is 14.2 Å². The second-order valence-corrected chi connectivity index (χ2v) is 5.99. The number of halogens is 3. The van der Waals surface area contributed by atoms with Crippen LogP contribution in [0.15, 0.2) is 18.2 Å². The fourth-order valence-electron chi connectivity index (χ4n) is 2.66. The molecule has 1 unspecified atom stereocenters. The third kappa shape index (κ3) is 4.67. The Morgan fingerprint density at radius 3 is 2.22 bits per heavy atom. The Labute approximate surface area is 153 Å². The smallest absolute Gasteiger partial charge is 0.406 e. The van der Waals surface area contributed by atoms with Gasteiger partial charge < -0.3 is 14.4 Å². The van der Waals surface area contributed by atoms with Crippen molar-refractivity contribution in [1.29, 1.82) is 0 Å². The summed E-state index contributed by atoms with van der Waals surface area (Å²) in [6.07, 6.45) is -4.78. The van der Waals surface area contributed by atoms with E-state index in [0.717, 1.165) is 5.56 Å².